The molecule has 0 bridgehead atoms. The van der Waals surface area contributed by atoms with Crippen LogP contribution in [0.2, 0.25) is 0 Å². The number of carboxylic acids is 1. The van der Waals surface area contributed by atoms with E-state index in [1.54, 1.807) is 6.07 Å². The van der Waals surface area contributed by atoms with Crippen LogP contribution in [0.3, 0.4) is 0 Å². The quantitative estimate of drug-likeness (QED) is 0.770. The average molecular weight is 331 g/mol. The fraction of sp³-hybridized carbons (Fsp3) is 0.333. The van der Waals surface area contributed by atoms with E-state index in [9.17, 15) is 9.59 Å². The zero-order valence-corrected chi connectivity index (χ0v) is 12.2. The minimum atomic E-state index is -1.13. The predicted octanol–water partition coefficient (Wildman–Crippen LogP) is 1.98. The monoisotopic (exact) mass is 330 g/mol. The van der Waals surface area contributed by atoms with Crippen LogP contribution in [0.25, 0.3) is 0 Å². The zero-order valence-electron chi connectivity index (χ0n) is 10.6. The van der Waals surface area contributed by atoms with Gasteiger partial charge in [-0.3, -0.25) is 0 Å². The normalized spacial score (nSPS) is 11.7. The van der Waals surface area contributed by atoms with E-state index in [0.717, 1.165) is 10.0 Å². The number of halogens is 1. The second-order valence-corrected chi connectivity index (χ2v) is 4.63. The van der Waals surface area contributed by atoms with Gasteiger partial charge >= 0.3 is 12.0 Å². The SMILES string of the molecule is COC(CNC(=O)Nc1cccc(C)c1Br)C(=O)O. The molecular weight excluding hydrogens is 316 g/mol. The molecule has 0 spiro atoms. The molecule has 0 radical (unpaired) electrons. The molecule has 1 aromatic rings. The third kappa shape index (κ3) is 4.53. The molecule has 19 heavy (non-hydrogen) atoms. The molecular formula is C12H15BrN2O4. The largest absolute Gasteiger partial charge is 0.479 e. The highest BCUT2D eigenvalue weighted by Gasteiger charge is 2.17. The number of hydrogen-bond donors (Lipinski definition) is 3. The van der Waals surface area contributed by atoms with E-state index in [-0.39, 0.29) is 6.54 Å². The molecule has 0 saturated carbocycles. The molecule has 6 nitrogen and oxygen atoms in total. The molecule has 1 rings (SSSR count). The Morgan fingerprint density at radius 1 is 1.47 bits per heavy atom. The van der Waals surface area contributed by atoms with Crippen molar-refractivity contribution in [3.63, 3.8) is 0 Å². The van der Waals surface area contributed by atoms with Crippen molar-refractivity contribution in [1.29, 1.82) is 0 Å². The number of carboxylic acid groups (broad SMARTS) is 1. The van der Waals surface area contributed by atoms with E-state index in [0.29, 0.717) is 5.69 Å². The first-order valence-corrected chi connectivity index (χ1v) is 6.30. The molecule has 104 valence electrons. The second kappa shape index (κ2) is 7.10. The molecule has 3 N–H and O–H groups in total. The molecule has 0 aromatic heterocycles. The number of amides is 2. The van der Waals surface area contributed by atoms with Gasteiger partial charge in [-0.2, -0.15) is 0 Å². The fourth-order valence-corrected chi connectivity index (χ4v) is 1.73. The number of rotatable bonds is 5. The number of benzene rings is 1. The Balaban J connectivity index is 2.56. The molecule has 0 saturated heterocycles. The van der Waals surface area contributed by atoms with Crippen molar-refractivity contribution in [2.45, 2.75) is 13.0 Å². The van der Waals surface area contributed by atoms with Crippen LogP contribution >= 0.6 is 15.9 Å². The minimum Gasteiger partial charge on any atom is -0.479 e. The van der Waals surface area contributed by atoms with Crippen molar-refractivity contribution in [3.05, 3.63) is 28.2 Å². The first-order chi connectivity index (χ1) is 8.95. The summed E-state index contributed by atoms with van der Waals surface area (Å²) in [6, 6.07) is 4.96. The van der Waals surface area contributed by atoms with Gasteiger partial charge in [-0.05, 0) is 34.5 Å². The Hall–Kier alpha value is -1.60. The van der Waals surface area contributed by atoms with Crippen LogP contribution in [-0.2, 0) is 9.53 Å². The lowest BCUT2D eigenvalue weighted by Gasteiger charge is -2.13. The molecule has 1 aromatic carbocycles. The Bertz CT molecular complexity index is 479. The number of urea groups is 1. The van der Waals surface area contributed by atoms with E-state index in [4.69, 9.17) is 9.84 Å². The number of anilines is 1. The van der Waals surface area contributed by atoms with E-state index < -0.39 is 18.1 Å². The number of carbonyl (C=O) groups excluding carboxylic acids is 1. The van der Waals surface area contributed by atoms with E-state index in [1.165, 1.54) is 7.11 Å². The lowest BCUT2D eigenvalue weighted by Crippen LogP contribution is -2.39. The molecule has 0 heterocycles. The highest BCUT2D eigenvalue weighted by Crippen LogP contribution is 2.25. The molecule has 0 aliphatic rings. The summed E-state index contributed by atoms with van der Waals surface area (Å²) in [5.74, 6) is -1.13. The van der Waals surface area contributed by atoms with Gasteiger partial charge in [0.25, 0.3) is 0 Å². The summed E-state index contributed by atoms with van der Waals surface area (Å²) in [5, 5.41) is 13.8. The average Bonchev–Trinajstić information content (AvgIpc) is 2.35. The summed E-state index contributed by atoms with van der Waals surface area (Å²) in [7, 11) is 1.27. The van der Waals surface area contributed by atoms with Crippen molar-refractivity contribution in [2.75, 3.05) is 19.0 Å². The number of aliphatic carboxylic acids is 1. The Labute approximate surface area is 119 Å². The number of nitrogens with one attached hydrogen (secondary N) is 2. The van der Waals surface area contributed by atoms with Gasteiger partial charge < -0.3 is 20.5 Å². The third-order valence-electron chi connectivity index (χ3n) is 2.45. The summed E-state index contributed by atoms with van der Waals surface area (Å²) >= 11 is 3.36. The maximum atomic E-state index is 11.6. The molecule has 0 aliphatic carbocycles. The van der Waals surface area contributed by atoms with Crippen LogP contribution < -0.4 is 10.6 Å². The van der Waals surface area contributed by atoms with Crippen LogP contribution in [0.5, 0.6) is 0 Å². The summed E-state index contributed by atoms with van der Waals surface area (Å²) in [6.07, 6.45) is -1.06. The molecule has 1 atom stereocenters. The van der Waals surface area contributed by atoms with Gasteiger partial charge in [-0.15, -0.1) is 0 Å². The number of aryl methyl sites for hydroxylation is 1. The fourth-order valence-electron chi connectivity index (χ4n) is 1.37. The number of carbonyl (C=O) groups is 2. The first-order valence-electron chi connectivity index (χ1n) is 5.51. The van der Waals surface area contributed by atoms with Crippen LogP contribution in [0.15, 0.2) is 22.7 Å². The molecule has 2 amide bonds. The lowest BCUT2D eigenvalue weighted by molar-refractivity contribution is -0.147. The van der Waals surface area contributed by atoms with Gasteiger partial charge in [0.2, 0.25) is 0 Å². The van der Waals surface area contributed by atoms with E-state index >= 15 is 0 Å². The molecule has 0 fully saturated rings. The minimum absolute atomic E-state index is 0.110. The van der Waals surface area contributed by atoms with Crippen LogP contribution in [0, 0.1) is 6.92 Å². The Morgan fingerprint density at radius 3 is 2.74 bits per heavy atom. The van der Waals surface area contributed by atoms with E-state index in [1.807, 2.05) is 19.1 Å². The van der Waals surface area contributed by atoms with Crippen LogP contribution in [0.4, 0.5) is 10.5 Å². The van der Waals surface area contributed by atoms with Gasteiger partial charge in [0, 0.05) is 11.6 Å². The maximum absolute atomic E-state index is 11.6. The summed E-state index contributed by atoms with van der Waals surface area (Å²) in [6.45, 7) is 1.79. The summed E-state index contributed by atoms with van der Waals surface area (Å²) < 4.78 is 5.49. The van der Waals surface area contributed by atoms with Gasteiger partial charge in [-0.1, -0.05) is 12.1 Å². The van der Waals surface area contributed by atoms with Gasteiger partial charge in [0.1, 0.15) is 0 Å². The summed E-state index contributed by atoms with van der Waals surface area (Å²) in [5.41, 5.74) is 1.60. The van der Waals surface area contributed by atoms with E-state index in [2.05, 4.69) is 26.6 Å². The van der Waals surface area contributed by atoms with Crippen LogP contribution in [0.1, 0.15) is 5.56 Å². The molecule has 7 heteroatoms. The second-order valence-electron chi connectivity index (χ2n) is 3.83. The lowest BCUT2D eigenvalue weighted by atomic mass is 10.2. The smallest absolute Gasteiger partial charge is 0.334 e. The van der Waals surface area contributed by atoms with Crippen molar-refractivity contribution in [2.24, 2.45) is 0 Å². The van der Waals surface area contributed by atoms with Gasteiger partial charge in [0.15, 0.2) is 6.10 Å². The van der Waals surface area contributed by atoms with Crippen molar-refractivity contribution < 1.29 is 19.4 Å². The number of hydrogen-bond acceptors (Lipinski definition) is 3. The van der Waals surface area contributed by atoms with Gasteiger partial charge in [-0.25, -0.2) is 9.59 Å². The molecule has 1 unspecified atom stereocenters. The van der Waals surface area contributed by atoms with Crippen LogP contribution in [-0.4, -0.2) is 36.9 Å². The zero-order chi connectivity index (χ0) is 14.4. The third-order valence-corrected chi connectivity index (χ3v) is 3.50. The number of methoxy groups -OCH3 is 1. The topological polar surface area (TPSA) is 87.7 Å². The Kier molecular flexibility index (Phi) is 5.78. The molecule has 0 aliphatic heterocycles. The highest BCUT2D eigenvalue weighted by molar-refractivity contribution is 9.10. The number of ether oxygens (including phenoxy) is 1. The van der Waals surface area contributed by atoms with Crippen molar-refractivity contribution in [3.8, 4) is 0 Å². The standard InChI is InChI=1S/C12H15BrN2O4/c1-7-4-3-5-8(10(7)13)15-12(18)14-6-9(19-2)11(16)17/h3-5,9H,6H2,1-2H3,(H,16,17)(H2,14,15,18). The van der Waals surface area contributed by atoms with Gasteiger partial charge in [0.05, 0.1) is 12.2 Å². The van der Waals surface area contributed by atoms with Crippen molar-refractivity contribution in [1.82, 2.24) is 5.32 Å². The first kappa shape index (κ1) is 15.5. The highest BCUT2D eigenvalue weighted by atomic mass is 79.9. The summed E-state index contributed by atoms with van der Waals surface area (Å²) in [4.78, 5) is 22.3. The maximum Gasteiger partial charge on any atom is 0.334 e. The van der Waals surface area contributed by atoms with Crippen molar-refractivity contribution >= 4 is 33.6 Å². The predicted molar refractivity (Wildman–Crippen MR) is 74.3 cm³/mol. The Morgan fingerprint density at radius 2 is 2.16 bits per heavy atom.